The molecule has 1 aromatic heterocycles. The van der Waals surface area contributed by atoms with Crippen LogP contribution in [0.3, 0.4) is 0 Å². The minimum atomic E-state index is 0.127. The molecule has 0 unspecified atom stereocenters. The predicted octanol–water partition coefficient (Wildman–Crippen LogP) is 6.34. The number of para-hydroxylation sites is 1. The summed E-state index contributed by atoms with van der Waals surface area (Å²) in [5.41, 5.74) is 5.71. The van der Waals surface area contributed by atoms with Gasteiger partial charge in [0.25, 0.3) is 0 Å². The largest absolute Gasteiger partial charge is 0.367 e. The monoisotopic (exact) mass is 337 g/mol. The Balaban J connectivity index is 1.43. The molecule has 0 saturated carbocycles. The molecule has 1 N–H and O–H groups in total. The molecule has 2 heteroatoms. The lowest BCUT2D eigenvalue weighted by Crippen LogP contribution is -2.02. The zero-order valence-electron chi connectivity index (χ0n) is 16.1. The Bertz CT molecular complexity index is 778. The van der Waals surface area contributed by atoms with Crippen LogP contribution in [0.1, 0.15) is 58.9 Å². The standard InChI is InChI=1S/C23H31NO/c1-17(8-7-9-18(2)13-15-22-23(3,4)25-22)12-14-19-16-24-21-11-6-5-10-20(19)21/h5-6,9-12,16,22,24H,7-8,13-15H2,1-4H3/b17-12+,18-9+/t22-/m0/s1. The molecule has 2 heterocycles. The van der Waals surface area contributed by atoms with E-state index >= 15 is 0 Å². The molecule has 2 nitrogen and oxygen atoms in total. The maximum atomic E-state index is 5.66. The predicted molar refractivity (Wildman–Crippen MR) is 107 cm³/mol. The zero-order chi connectivity index (χ0) is 17.9. The molecule has 1 fully saturated rings. The highest BCUT2D eigenvalue weighted by molar-refractivity contribution is 5.83. The SMILES string of the molecule is C/C(=C\Cc1c[nH]c2ccccc12)CC/C=C(\C)CC[C@@H]1OC1(C)C. The topological polar surface area (TPSA) is 28.3 Å². The molecule has 0 spiro atoms. The van der Waals surface area contributed by atoms with Gasteiger partial charge in [-0.2, -0.15) is 0 Å². The van der Waals surface area contributed by atoms with Crippen LogP contribution in [0.4, 0.5) is 0 Å². The van der Waals surface area contributed by atoms with Crippen molar-refractivity contribution in [1.29, 1.82) is 0 Å². The number of H-pyrrole nitrogens is 1. The second-order valence-electron chi connectivity index (χ2n) is 7.95. The molecule has 25 heavy (non-hydrogen) atoms. The van der Waals surface area contributed by atoms with E-state index in [-0.39, 0.29) is 5.60 Å². The molecule has 1 saturated heterocycles. The van der Waals surface area contributed by atoms with Crippen molar-refractivity contribution in [1.82, 2.24) is 4.98 Å². The third kappa shape index (κ3) is 4.85. The van der Waals surface area contributed by atoms with Crippen molar-refractivity contribution in [3.05, 3.63) is 59.3 Å². The molecule has 1 aromatic carbocycles. The van der Waals surface area contributed by atoms with E-state index in [2.05, 4.69) is 75.3 Å². The van der Waals surface area contributed by atoms with Gasteiger partial charge in [-0.25, -0.2) is 0 Å². The van der Waals surface area contributed by atoms with Crippen LogP contribution in [-0.4, -0.2) is 16.7 Å². The van der Waals surface area contributed by atoms with Crippen LogP contribution in [0.5, 0.6) is 0 Å². The van der Waals surface area contributed by atoms with E-state index < -0.39 is 0 Å². The van der Waals surface area contributed by atoms with E-state index in [0.717, 1.165) is 32.1 Å². The third-order valence-electron chi connectivity index (χ3n) is 5.34. The van der Waals surface area contributed by atoms with E-state index in [1.807, 2.05) is 0 Å². The molecule has 0 radical (unpaired) electrons. The van der Waals surface area contributed by atoms with Crippen molar-refractivity contribution >= 4 is 10.9 Å². The summed E-state index contributed by atoms with van der Waals surface area (Å²) in [5, 5.41) is 1.34. The molecule has 2 aromatic rings. The molecule has 0 aliphatic carbocycles. The molecule has 1 aliphatic heterocycles. The van der Waals surface area contributed by atoms with Crippen LogP contribution in [0.15, 0.2) is 53.8 Å². The summed E-state index contributed by atoms with van der Waals surface area (Å²) in [4.78, 5) is 3.35. The van der Waals surface area contributed by atoms with Gasteiger partial charge in [0.1, 0.15) is 0 Å². The van der Waals surface area contributed by atoms with E-state index in [4.69, 9.17) is 4.74 Å². The first-order valence-corrected chi connectivity index (χ1v) is 9.50. The second-order valence-corrected chi connectivity index (χ2v) is 7.95. The highest BCUT2D eigenvalue weighted by Gasteiger charge is 2.46. The number of benzene rings is 1. The number of epoxide rings is 1. The highest BCUT2D eigenvalue weighted by atomic mass is 16.6. The normalized spacial score (nSPS) is 20.2. The van der Waals surface area contributed by atoms with Crippen LogP contribution >= 0.6 is 0 Å². The van der Waals surface area contributed by atoms with Crippen LogP contribution in [0.2, 0.25) is 0 Å². The Hall–Kier alpha value is -1.80. The van der Waals surface area contributed by atoms with E-state index in [9.17, 15) is 0 Å². The van der Waals surface area contributed by atoms with Gasteiger partial charge in [-0.1, -0.05) is 41.5 Å². The van der Waals surface area contributed by atoms with Gasteiger partial charge >= 0.3 is 0 Å². The van der Waals surface area contributed by atoms with Gasteiger partial charge in [-0.05, 0) is 71.4 Å². The van der Waals surface area contributed by atoms with Crippen LogP contribution in [-0.2, 0) is 11.2 Å². The first-order valence-electron chi connectivity index (χ1n) is 9.50. The fourth-order valence-corrected chi connectivity index (χ4v) is 3.43. The maximum absolute atomic E-state index is 5.66. The van der Waals surface area contributed by atoms with Gasteiger partial charge in [-0.3, -0.25) is 0 Å². The van der Waals surface area contributed by atoms with Crippen molar-refractivity contribution in [2.45, 2.75) is 71.5 Å². The van der Waals surface area contributed by atoms with Gasteiger partial charge in [0, 0.05) is 17.1 Å². The quantitative estimate of drug-likeness (QED) is 0.442. The summed E-state index contributed by atoms with van der Waals surface area (Å²) in [7, 11) is 0. The summed E-state index contributed by atoms with van der Waals surface area (Å²) >= 11 is 0. The number of aromatic amines is 1. The summed E-state index contributed by atoms with van der Waals surface area (Å²) in [5.74, 6) is 0. The number of rotatable bonds is 8. The lowest BCUT2D eigenvalue weighted by molar-refractivity contribution is 0.320. The number of nitrogens with one attached hydrogen (secondary N) is 1. The summed E-state index contributed by atoms with van der Waals surface area (Å²) in [6, 6.07) is 8.52. The summed E-state index contributed by atoms with van der Waals surface area (Å²) < 4.78 is 5.66. The molecule has 0 bridgehead atoms. The first kappa shape index (κ1) is 18.0. The summed E-state index contributed by atoms with van der Waals surface area (Å²) in [6.07, 6.45) is 13.0. The Morgan fingerprint density at radius 2 is 1.84 bits per heavy atom. The number of fused-ring (bicyclic) bond motifs is 1. The fraction of sp³-hybridized carbons (Fsp3) is 0.478. The number of ether oxygens (including phenoxy) is 1. The fourth-order valence-electron chi connectivity index (χ4n) is 3.43. The first-order chi connectivity index (χ1) is 12.0. The Kier molecular flexibility index (Phi) is 5.48. The third-order valence-corrected chi connectivity index (χ3v) is 5.34. The number of hydrogen-bond acceptors (Lipinski definition) is 1. The molecule has 3 rings (SSSR count). The number of aromatic nitrogens is 1. The highest BCUT2D eigenvalue weighted by Crippen LogP contribution is 2.38. The van der Waals surface area contributed by atoms with Crippen LogP contribution < -0.4 is 0 Å². The smallest absolute Gasteiger partial charge is 0.0892 e. The van der Waals surface area contributed by atoms with Gasteiger partial charge in [0.2, 0.25) is 0 Å². The van der Waals surface area contributed by atoms with Crippen LogP contribution in [0, 0.1) is 0 Å². The van der Waals surface area contributed by atoms with E-state index in [1.165, 1.54) is 27.6 Å². The van der Waals surface area contributed by atoms with E-state index in [0.29, 0.717) is 6.10 Å². The van der Waals surface area contributed by atoms with Crippen molar-refractivity contribution in [3.8, 4) is 0 Å². The van der Waals surface area contributed by atoms with Crippen LogP contribution in [0.25, 0.3) is 10.9 Å². The second kappa shape index (κ2) is 7.61. The number of hydrogen-bond donors (Lipinski definition) is 1. The molecular formula is C23H31NO. The Morgan fingerprint density at radius 1 is 1.12 bits per heavy atom. The van der Waals surface area contributed by atoms with Crippen molar-refractivity contribution in [2.24, 2.45) is 0 Å². The number of allylic oxidation sites excluding steroid dienone is 4. The molecule has 0 amide bonds. The van der Waals surface area contributed by atoms with Crippen molar-refractivity contribution in [2.75, 3.05) is 0 Å². The lowest BCUT2D eigenvalue weighted by atomic mass is 10.0. The van der Waals surface area contributed by atoms with Gasteiger partial charge in [0.05, 0.1) is 11.7 Å². The van der Waals surface area contributed by atoms with Gasteiger partial charge < -0.3 is 9.72 Å². The minimum absolute atomic E-state index is 0.127. The average Bonchev–Trinajstić information content (AvgIpc) is 3.01. The Labute approximate surface area is 152 Å². The van der Waals surface area contributed by atoms with Gasteiger partial charge in [0.15, 0.2) is 0 Å². The zero-order valence-corrected chi connectivity index (χ0v) is 16.1. The maximum Gasteiger partial charge on any atom is 0.0892 e. The van der Waals surface area contributed by atoms with Crippen molar-refractivity contribution < 1.29 is 4.74 Å². The average molecular weight is 338 g/mol. The minimum Gasteiger partial charge on any atom is -0.367 e. The molecule has 134 valence electrons. The molecule has 1 atom stereocenters. The Morgan fingerprint density at radius 3 is 2.60 bits per heavy atom. The lowest BCUT2D eigenvalue weighted by Gasteiger charge is -2.02. The van der Waals surface area contributed by atoms with Crippen molar-refractivity contribution in [3.63, 3.8) is 0 Å². The summed E-state index contributed by atoms with van der Waals surface area (Å²) in [6.45, 7) is 8.86. The van der Waals surface area contributed by atoms with E-state index in [1.54, 1.807) is 0 Å². The molecular weight excluding hydrogens is 306 g/mol. The molecule has 1 aliphatic rings. The van der Waals surface area contributed by atoms with Gasteiger partial charge in [-0.15, -0.1) is 0 Å².